The van der Waals surface area contributed by atoms with Crippen molar-refractivity contribution in [1.29, 1.82) is 0 Å². The van der Waals surface area contributed by atoms with Crippen molar-refractivity contribution in [1.82, 2.24) is 14.5 Å². The second-order valence-corrected chi connectivity index (χ2v) is 6.47. The highest BCUT2D eigenvalue weighted by molar-refractivity contribution is 7.10. The molecular weight excluding hydrogens is 270 g/mol. The normalized spacial score (nSPS) is 21.4. The van der Waals surface area contributed by atoms with Crippen LogP contribution < -0.4 is 0 Å². The number of imidazole rings is 1. The fourth-order valence-corrected chi connectivity index (χ4v) is 3.68. The van der Waals surface area contributed by atoms with Crippen LogP contribution in [-0.4, -0.2) is 32.1 Å². The van der Waals surface area contributed by atoms with Crippen LogP contribution in [0.5, 0.6) is 0 Å². The predicted molar refractivity (Wildman–Crippen MR) is 80.5 cm³/mol. The van der Waals surface area contributed by atoms with E-state index in [1.165, 1.54) is 12.8 Å². The van der Waals surface area contributed by atoms with Crippen molar-refractivity contribution >= 4 is 11.3 Å². The van der Waals surface area contributed by atoms with Crippen molar-refractivity contribution in [3.05, 3.63) is 40.6 Å². The van der Waals surface area contributed by atoms with Crippen LogP contribution in [0.25, 0.3) is 0 Å². The van der Waals surface area contributed by atoms with Gasteiger partial charge in [0.05, 0.1) is 12.6 Å². The Morgan fingerprint density at radius 1 is 1.55 bits per heavy atom. The van der Waals surface area contributed by atoms with Crippen molar-refractivity contribution < 1.29 is 5.11 Å². The van der Waals surface area contributed by atoms with E-state index in [1.54, 1.807) is 11.3 Å². The number of hydrogen-bond acceptors (Lipinski definition) is 4. The molecule has 108 valence electrons. The number of hydrogen-bond donors (Lipinski definition) is 1. The maximum absolute atomic E-state index is 10.3. The quantitative estimate of drug-likeness (QED) is 0.920. The highest BCUT2D eigenvalue weighted by Crippen LogP contribution is 2.30. The Hall–Kier alpha value is -1.17. The third kappa shape index (κ3) is 2.95. The molecule has 3 rings (SSSR count). The molecule has 5 heteroatoms. The smallest absolute Gasteiger partial charge is 0.122 e. The summed E-state index contributed by atoms with van der Waals surface area (Å²) in [6.07, 6.45) is 6.72. The van der Waals surface area contributed by atoms with Gasteiger partial charge in [-0.05, 0) is 37.3 Å². The molecule has 20 heavy (non-hydrogen) atoms. The Kier molecular flexibility index (Phi) is 4.19. The van der Waals surface area contributed by atoms with Gasteiger partial charge in [0.15, 0.2) is 0 Å². The fraction of sp³-hybridized carbons (Fsp3) is 0.533. The van der Waals surface area contributed by atoms with Gasteiger partial charge in [0.1, 0.15) is 5.82 Å². The average molecular weight is 291 g/mol. The summed E-state index contributed by atoms with van der Waals surface area (Å²) in [4.78, 5) is 7.94. The van der Waals surface area contributed by atoms with Gasteiger partial charge in [-0.25, -0.2) is 4.98 Å². The lowest BCUT2D eigenvalue weighted by Crippen LogP contribution is -2.31. The maximum Gasteiger partial charge on any atom is 0.122 e. The summed E-state index contributed by atoms with van der Waals surface area (Å²) < 4.78 is 2.07. The largest absolute Gasteiger partial charge is 0.388 e. The predicted octanol–water partition coefficient (Wildman–Crippen LogP) is 2.57. The van der Waals surface area contributed by atoms with E-state index in [0.29, 0.717) is 6.04 Å². The molecule has 0 bridgehead atoms. The minimum atomic E-state index is -0.332. The van der Waals surface area contributed by atoms with E-state index in [1.807, 2.05) is 37.0 Å². The van der Waals surface area contributed by atoms with Crippen LogP contribution in [0.1, 0.15) is 36.1 Å². The molecule has 0 aromatic carbocycles. The lowest BCUT2D eigenvalue weighted by molar-refractivity contribution is 0.119. The summed E-state index contributed by atoms with van der Waals surface area (Å²) >= 11 is 1.64. The number of aliphatic hydroxyl groups is 1. The van der Waals surface area contributed by atoms with Crippen molar-refractivity contribution in [2.75, 3.05) is 6.54 Å². The Morgan fingerprint density at radius 2 is 2.45 bits per heavy atom. The molecular formula is C15H21N3OS. The summed E-state index contributed by atoms with van der Waals surface area (Å²) in [6.45, 7) is 1.99. The van der Waals surface area contributed by atoms with E-state index in [2.05, 4.69) is 14.5 Å². The first-order valence-electron chi connectivity index (χ1n) is 7.16. The highest BCUT2D eigenvalue weighted by atomic mass is 32.1. The second kappa shape index (κ2) is 6.08. The summed E-state index contributed by atoms with van der Waals surface area (Å²) in [5.74, 6) is 1.10. The van der Waals surface area contributed by atoms with E-state index >= 15 is 0 Å². The number of nitrogens with zero attached hydrogens (tertiary/aromatic N) is 3. The molecule has 1 fully saturated rings. The monoisotopic (exact) mass is 291 g/mol. The SMILES string of the molecule is Cn1ccnc1CN1CCCC1CC(O)c1cccs1. The molecule has 0 radical (unpaired) electrons. The minimum absolute atomic E-state index is 0.332. The zero-order valence-corrected chi connectivity index (χ0v) is 12.6. The van der Waals surface area contributed by atoms with E-state index in [9.17, 15) is 5.11 Å². The molecule has 2 aromatic rings. The molecule has 2 atom stereocenters. The first-order valence-corrected chi connectivity index (χ1v) is 8.03. The number of aromatic nitrogens is 2. The average Bonchev–Trinajstić information content (AvgIpc) is 3.14. The molecule has 1 saturated heterocycles. The summed E-state index contributed by atoms with van der Waals surface area (Å²) in [6, 6.07) is 4.49. The minimum Gasteiger partial charge on any atom is -0.388 e. The summed E-state index contributed by atoms with van der Waals surface area (Å²) in [7, 11) is 2.04. The van der Waals surface area contributed by atoms with Gasteiger partial charge in [-0.2, -0.15) is 0 Å². The molecule has 2 aromatic heterocycles. The van der Waals surface area contributed by atoms with Gasteiger partial charge >= 0.3 is 0 Å². The molecule has 1 aliphatic rings. The number of likely N-dealkylation sites (tertiary alicyclic amines) is 1. The molecule has 0 spiro atoms. The van der Waals surface area contributed by atoms with Crippen molar-refractivity contribution in [3.63, 3.8) is 0 Å². The number of aliphatic hydroxyl groups excluding tert-OH is 1. The molecule has 1 aliphatic heterocycles. The van der Waals surface area contributed by atoms with Crippen LogP contribution in [0.15, 0.2) is 29.9 Å². The summed E-state index contributed by atoms with van der Waals surface area (Å²) in [5.41, 5.74) is 0. The number of thiophene rings is 1. The maximum atomic E-state index is 10.3. The van der Waals surface area contributed by atoms with E-state index < -0.39 is 0 Å². The van der Waals surface area contributed by atoms with Crippen LogP contribution in [-0.2, 0) is 13.6 Å². The van der Waals surface area contributed by atoms with Gasteiger partial charge < -0.3 is 9.67 Å². The zero-order valence-electron chi connectivity index (χ0n) is 11.8. The van der Waals surface area contributed by atoms with Gasteiger partial charge in [-0.3, -0.25) is 4.90 Å². The van der Waals surface area contributed by atoms with Gasteiger partial charge in [0.2, 0.25) is 0 Å². The number of aryl methyl sites for hydroxylation is 1. The van der Waals surface area contributed by atoms with E-state index in [4.69, 9.17) is 0 Å². The van der Waals surface area contributed by atoms with Crippen LogP contribution in [0, 0.1) is 0 Å². The van der Waals surface area contributed by atoms with Crippen LogP contribution in [0.3, 0.4) is 0 Å². The first-order chi connectivity index (χ1) is 9.74. The van der Waals surface area contributed by atoms with Gasteiger partial charge in [0, 0.05) is 30.4 Å². The van der Waals surface area contributed by atoms with E-state index in [0.717, 1.165) is 30.2 Å². The lowest BCUT2D eigenvalue weighted by atomic mass is 10.1. The zero-order chi connectivity index (χ0) is 13.9. The second-order valence-electron chi connectivity index (χ2n) is 5.49. The van der Waals surface area contributed by atoms with Gasteiger partial charge in [0.25, 0.3) is 0 Å². The Bertz CT molecular complexity index is 537. The molecule has 3 heterocycles. The third-order valence-electron chi connectivity index (χ3n) is 4.13. The van der Waals surface area contributed by atoms with Crippen molar-refractivity contribution in [3.8, 4) is 0 Å². The van der Waals surface area contributed by atoms with E-state index in [-0.39, 0.29) is 6.10 Å². The van der Waals surface area contributed by atoms with Gasteiger partial charge in [-0.15, -0.1) is 11.3 Å². The standard InChI is InChI=1S/C15H21N3OS/c1-17-8-6-16-15(17)11-18-7-2-4-12(18)10-13(19)14-5-3-9-20-14/h3,5-6,8-9,12-13,19H,2,4,7,10-11H2,1H3. The molecule has 1 N–H and O–H groups in total. The first kappa shape index (κ1) is 13.8. The molecule has 4 nitrogen and oxygen atoms in total. The Balaban J connectivity index is 1.62. The lowest BCUT2D eigenvalue weighted by Gasteiger charge is -2.25. The Morgan fingerprint density at radius 3 is 3.15 bits per heavy atom. The van der Waals surface area contributed by atoms with Crippen LogP contribution >= 0.6 is 11.3 Å². The summed E-state index contributed by atoms with van der Waals surface area (Å²) in [5, 5.41) is 12.4. The third-order valence-corrected chi connectivity index (χ3v) is 5.11. The fourth-order valence-electron chi connectivity index (χ4n) is 2.96. The Labute approximate surface area is 123 Å². The van der Waals surface area contributed by atoms with Crippen LogP contribution in [0.2, 0.25) is 0 Å². The topological polar surface area (TPSA) is 41.3 Å². The van der Waals surface area contributed by atoms with Crippen LogP contribution in [0.4, 0.5) is 0 Å². The van der Waals surface area contributed by atoms with Crippen molar-refractivity contribution in [2.24, 2.45) is 7.05 Å². The highest BCUT2D eigenvalue weighted by Gasteiger charge is 2.28. The molecule has 0 saturated carbocycles. The van der Waals surface area contributed by atoms with Crippen molar-refractivity contribution in [2.45, 2.75) is 38.0 Å². The number of rotatable bonds is 5. The van der Waals surface area contributed by atoms with Gasteiger partial charge in [-0.1, -0.05) is 6.07 Å². The molecule has 0 aliphatic carbocycles. The molecule has 2 unspecified atom stereocenters. The molecule has 0 amide bonds.